The second-order valence-corrected chi connectivity index (χ2v) is 9.38. The Morgan fingerprint density at radius 1 is 1.06 bits per heavy atom. The number of sulfonamides is 1. The predicted molar refractivity (Wildman–Crippen MR) is 122 cm³/mol. The number of rotatable bonds is 7. The van der Waals surface area contributed by atoms with Crippen LogP contribution in [0, 0.1) is 6.92 Å². The van der Waals surface area contributed by atoms with E-state index in [1.54, 1.807) is 6.07 Å². The highest BCUT2D eigenvalue weighted by molar-refractivity contribution is 7.89. The molecular weight excluding hydrogens is 434 g/mol. The molecule has 3 aromatic carbocycles. The van der Waals surface area contributed by atoms with Crippen molar-refractivity contribution in [1.82, 2.24) is 14.3 Å². The number of nitrogens with zero attached hydrogens (tertiary/aromatic N) is 2. The predicted octanol–water partition coefficient (Wildman–Crippen LogP) is 4.53. The Hall–Kier alpha value is -2.87. The molecule has 6 nitrogen and oxygen atoms in total. The summed E-state index contributed by atoms with van der Waals surface area (Å²) in [5.41, 5.74) is 4.04. The van der Waals surface area contributed by atoms with Crippen LogP contribution in [-0.4, -0.2) is 25.1 Å². The molecule has 4 aromatic rings. The van der Waals surface area contributed by atoms with Crippen molar-refractivity contribution in [2.75, 3.05) is 7.11 Å². The molecule has 0 bridgehead atoms. The lowest BCUT2D eigenvalue weighted by atomic mass is 10.1. The Bertz CT molecular complexity index is 1330. The number of hydrogen-bond donors (Lipinski definition) is 1. The van der Waals surface area contributed by atoms with E-state index in [-0.39, 0.29) is 17.2 Å². The van der Waals surface area contributed by atoms with Gasteiger partial charge in [0.1, 0.15) is 16.5 Å². The molecule has 0 amide bonds. The first-order valence-electron chi connectivity index (χ1n) is 9.70. The molecule has 0 aliphatic rings. The highest BCUT2D eigenvalue weighted by atomic mass is 35.5. The van der Waals surface area contributed by atoms with Crippen LogP contribution in [0.2, 0.25) is 5.02 Å². The van der Waals surface area contributed by atoms with Crippen LogP contribution in [0.4, 0.5) is 0 Å². The number of hydrogen-bond acceptors (Lipinski definition) is 4. The number of aromatic nitrogens is 2. The van der Waals surface area contributed by atoms with Gasteiger partial charge < -0.3 is 9.30 Å². The molecule has 4 rings (SSSR count). The van der Waals surface area contributed by atoms with Crippen LogP contribution in [0.15, 0.2) is 71.6 Å². The van der Waals surface area contributed by atoms with Crippen LogP contribution < -0.4 is 9.46 Å². The molecule has 0 aliphatic heterocycles. The maximum absolute atomic E-state index is 13.0. The van der Waals surface area contributed by atoms with Crippen molar-refractivity contribution < 1.29 is 13.2 Å². The van der Waals surface area contributed by atoms with Crippen LogP contribution in [0.1, 0.15) is 17.0 Å². The first-order chi connectivity index (χ1) is 14.9. The third-order valence-corrected chi connectivity index (χ3v) is 6.69. The lowest BCUT2D eigenvalue weighted by Gasteiger charge is -2.13. The van der Waals surface area contributed by atoms with E-state index in [1.807, 2.05) is 35.8 Å². The summed E-state index contributed by atoms with van der Waals surface area (Å²) in [4.78, 5) is 4.65. The molecule has 0 fully saturated rings. The lowest BCUT2D eigenvalue weighted by molar-refractivity contribution is 0.402. The molecule has 31 heavy (non-hydrogen) atoms. The van der Waals surface area contributed by atoms with Crippen LogP contribution >= 0.6 is 11.6 Å². The molecule has 1 aromatic heterocycles. The second kappa shape index (κ2) is 8.70. The second-order valence-electron chi connectivity index (χ2n) is 7.21. The van der Waals surface area contributed by atoms with Crippen molar-refractivity contribution in [3.8, 4) is 5.75 Å². The topological polar surface area (TPSA) is 73.2 Å². The van der Waals surface area contributed by atoms with E-state index in [2.05, 4.69) is 34.0 Å². The molecule has 0 aliphatic carbocycles. The Kier molecular flexibility index (Phi) is 6.00. The summed E-state index contributed by atoms with van der Waals surface area (Å²) in [6.45, 7) is 2.65. The molecule has 160 valence electrons. The Morgan fingerprint density at radius 3 is 2.55 bits per heavy atom. The SMILES string of the molecule is COc1ccc(Cl)cc1S(=O)(=O)NCc1nc2ccccc2n1Cc1ccc(C)cc1. The van der Waals surface area contributed by atoms with E-state index < -0.39 is 10.0 Å². The minimum atomic E-state index is -3.87. The third kappa shape index (κ3) is 4.58. The van der Waals surface area contributed by atoms with Gasteiger partial charge in [0, 0.05) is 11.6 Å². The third-order valence-electron chi connectivity index (χ3n) is 5.03. The number of imidazole rings is 1. The Morgan fingerprint density at radius 2 is 1.81 bits per heavy atom. The molecule has 8 heteroatoms. The molecule has 0 saturated carbocycles. The molecule has 0 spiro atoms. The van der Waals surface area contributed by atoms with Crippen molar-refractivity contribution in [3.05, 3.63) is 88.7 Å². The van der Waals surface area contributed by atoms with E-state index in [9.17, 15) is 8.42 Å². The zero-order valence-corrected chi connectivity index (χ0v) is 18.7. The normalized spacial score (nSPS) is 11.7. The van der Waals surface area contributed by atoms with E-state index in [4.69, 9.17) is 16.3 Å². The minimum absolute atomic E-state index is 0.0105. The molecule has 1 N–H and O–H groups in total. The summed E-state index contributed by atoms with van der Waals surface area (Å²) >= 11 is 6.01. The summed E-state index contributed by atoms with van der Waals surface area (Å²) in [6, 6.07) is 20.5. The van der Waals surface area contributed by atoms with Crippen LogP contribution in [-0.2, 0) is 23.1 Å². The van der Waals surface area contributed by atoms with E-state index in [0.29, 0.717) is 17.4 Å². The zero-order valence-electron chi connectivity index (χ0n) is 17.2. The number of fused-ring (bicyclic) bond motifs is 1. The summed E-state index contributed by atoms with van der Waals surface area (Å²) in [5, 5.41) is 0.313. The number of methoxy groups -OCH3 is 1. The van der Waals surface area contributed by atoms with Crippen LogP contribution in [0.25, 0.3) is 11.0 Å². The van der Waals surface area contributed by atoms with Crippen LogP contribution in [0.5, 0.6) is 5.75 Å². The van der Waals surface area contributed by atoms with Gasteiger partial charge in [-0.2, -0.15) is 0 Å². The monoisotopic (exact) mass is 455 g/mol. The number of aryl methyl sites for hydroxylation is 1. The fourth-order valence-electron chi connectivity index (χ4n) is 3.41. The largest absolute Gasteiger partial charge is 0.495 e. The molecule has 0 unspecified atom stereocenters. The smallest absolute Gasteiger partial charge is 0.244 e. The van der Waals surface area contributed by atoms with Gasteiger partial charge >= 0.3 is 0 Å². The summed E-state index contributed by atoms with van der Waals surface area (Å²) < 4.78 is 35.8. The summed E-state index contributed by atoms with van der Waals surface area (Å²) in [7, 11) is -2.45. The average Bonchev–Trinajstić information content (AvgIpc) is 3.11. The van der Waals surface area contributed by atoms with Crippen molar-refractivity contribution in [3.63, 3.8) is 0 Å². The van der Waals surface area contributed by atoms with Crippen molar-refractivity contribution >= 4 is 32.7 Å². The quantitative estimate of drug-likeness (QED) is 0.444. The number of nitrogens with one attached hydrogen (secondary N) is 1. The van der Waals surface area contributed by atoms with Gasteiger partial charge in [0.25, 0.3) is 0 Å². The first kappa shape index (κ1) is 21.4. The highest BCUT2D eigenvalue weighted by Gasteiger charge is 2.21. The number of benzene rings is 3. The average molecular weight is 456 g/mol. The number of ether oxygens (including phenoxy) is 1. The fourth-order valence-corrected chi connectivity index (χ4v) is 4.82. The molecule has 0 atom stereocenters. The standard InChI is InChI=1S/C23H22ClN3O3S/c1-16-7-9-17(10-8-16)15-27-20-6-4-3-5-19(20)26-23(27)14-25-31(28,29)22-13-18(24)11-12-21(22)30-2/h3-13,25H,14-15H2,1-2H3. The highest BCUT2D eigenvalue weighted by Crippen LogP contribution is 2.27. The summed E-state index contributed by atoms with van der Waals surface area (Å²) in [6.07, 6.45) is 0. The zero-order chi connectivity index (χ0) is 22.0. The molecular formula is C23H22ClN3O3S. The van der Waals surface area contributed by atoms with Gasteiger partial charge in [0.05, 0.1) is 24.7 Å². The van der Waals surface area contributed by atoms with Crippen LogP contribution in [0.3, 0.4) is 0 Å². The Balaban J connectivity index is 1.67. The van der Waals surface area contributed by atoms with E-state index in [1.165, 1.54) is 24.8 Å². The van der Waals surface area contributed by atoms with Gasteiger partial charge in [0.15, 0.2) is 0 Å². The number of para-hydroxylation sites is 2. The molecule has 1 heterocycles. The fraction of sp³-hybridized carbons (Fsp3) is 0.174. The minimum Gasteiger partial charge on any atom is -0.495 e. The van der Waals surface area contributed by atoms with E-state index >= 15 is 0 Å². The maximum atomic E-state index is 13.0. The van der Waals surface area contributed by atoms with Gasteiger partial charge in [-0.05, 0) is 42.8 Å². The molecule has 0 saturated heterocycles. The maximum Gasteiger partial charge on any atom is 0.244 e. The molecule has 0 radical (unpaired) electrons. The van der Waals surface area contributed by atoms with E-state index in [0.717, 1.165) is 16.6 Å². The lowest BCUT2D eigenvalue weighted by Crippen LogP contribution is -2.25. The van der Waals surface area contributed by atoms with Gasteiger partial charge in [-0.3, -0.25) is 0 Å². The van der Waals surface area contributed by atoms with Crippen molar-refractivity contribution in [2.24, 2.45) is 0 Å². The Labute approximate surface area is 186 Å². The van der Waals surface area contributed by atoms with Gasteiger partial charge in [-0.1, -0.05) is 53.6 Å². The summed E-state index contributed by atoms with van der Waals surface area (Å²) in [5.74, 6) is 0.844. The van der Waals surface area contributed by atoms with Gasteiger partial charge in [0.2, 0.25) is 10.0 Å². The number of halogens is 1. The van der Waals surface area contributed by atoms with Gasteiger partial charge in [-0.15, -0.1) is 0 Å². The van der Waals surface area contributed by atoms with Crippen molar-refractivity contribution in [2.45, 2.75) is 24.9 Å². The first-order valence-corrected chi connectivity index (χ1v) is 11.6. The van der Waals surface area contributed by atoms with Gasteiger partial charge in [-0.25, -0.2) is 18.1 Å². The van der Waals surface area contributed by atoms with Crippen molar-refractivity contribution in [1.29, 1.82) is 0 Å².